The van der Waals surface area contributed by atoms with Crippen molar-refractivity contribution in [2.75, 3.05) is 41.7 Å². The zero-order valence-electron chi connectivity index (χ0n) is 26.1. The summed E-state index contributed by atoms with van der Waals surface area (Å²) in [6.45, 7) is 4.59. The lowest BCUT2D eigenvalue weighted by Gasteiger charge is -2.36. The molecule has 9 nitrogen and oxygen atoms in total. The van der Waals surface area contributed by atoms with Crippen LogP contribution in [0.4, 0.5) is 17.1 Å². The molecule has 9 heteroatoms. The number of hydrogen-bond acceptors (Lipinski definition) is 7. The molecule has 2 N–H and O–H groups in total. The van der Waals surface area contributed by atoms with Gasteiger partial charge in [-0.1, -0.05) is 48.5 Å². The van der Waals surface area contributed by atoms with Crippen molar-refractivity contribution in [3.05, 3.63) is 155 Å². The van der Waals surface area contributed by atoms with E-state index in [0.717, 1.165) is 50.0 Å². The maximum absolute atomic E-state index is 13.3. The maximum atomic E-state index is 13.3. The third-order valence-electron chi connectivity index (χ3n) is 8.47. The zero-order valence-corrected chi connectivity index (χ0v) is 26.1. The van der Waals surface area contributed by atoms with Crippen molar-refractivity contribution in [3.8, 4) is 11.1 Å². The molecule has 1 fully saturated rings. The van der Waals surface area contributed by atoms with Crippen molar-refractivity contribution < 1.29 is 14.0 Å². The van der Waals surface area contributed by atoms with Crippen LogP contribution in [0.2, 0.25) is 0 Å². The van der Waals surface area contributed by atoms with E-state index in [0.29, 0.717) is 22.3 Å². The Bertz CT molecular complexity index is 2140. The lowest BCUT2D eigenvalue weighted by Crippen LogP contribution is -2.45. The van der Waals surface area contributed by atoms with Gasteiger partial charge in [0.25, 0.3) is 11.8 Å². The van der Waals surface area contributed by atoms with E-state index in [-0.39, 0.29) is 22.7 Å². The molecule has 0 atom stereocenters. The number of pyridine rings is 1. The van der Waals surface area contributed by atoms with Crippen LogP contribution in [-0.4, -0.2) is 47.9 Å². The number of fused-ring (bicyclic) bond motifs is 1. The third-order valence-corrected chi connectivity index (χ3v) is 8.47. The van der Waals surface area contributed by atoms with Gasteiger partial charge in [0.05, 0.1) is 16.6 Å². The van der Waals surface area contributed by atoms with E-state index >= 15 is 0 Å². The van der Waals surface area contributed by atoms with Gasteiger partial charge in [-0.3, -0.25) is 24.3 Å². The quantitative estimate of drug-likeness (QED) is 0.192. The zero-order chi connectivity index (χ0) is 32.9. The Kier molecular flexibility index (Phi) is 8.76. The average Bonchev–Trinajstić information content (AvgIpc) is 3.13. The predicted molar refractivity (Wildman–Crippen MR) is 188 cm³/mol. The summed E-state index contributed by atoms with van der Waals surface area (Å²) >= 11 is 0. The van der Waals surface area contributed by atoms with Gasteiger partial charge in [-0.15, -0.1) is 0 Å². The van der Waals surface area contributed by atoms with Crippen molar-refractivity contribution in [2.45, 2.75) is 6.54 Å². The first-order chi connectivity index (χ1) is 23.5. The number of nitrogens with zero attached hydrogens (tertiary/aromatic N) is 3. The number of carbonyl (C=O) groups is 2. The SMILES string of the molecule is O=C(Nc1ccccc1C(=O)Nc1ccc(N2CCN(Cc3cccc(-c4cccnc4)c3)CC2)cc1)c1cc(=O)c2ccccc2o1. The summed E-state index contributed by atoms with van der Waals surface area (Å²) in [5, 5.41) is 6.04. The molecule has 0 radical (unpaired) electrons. The molecule has 6 aromatic rings. The number of hydrogen-bond donors (Lipinski definition) is 2. The molecule has 4 aromatic carbocycles. The molecule has 0 spiro atoms. The highest BCUT2D eigenvalue weighted by Crippen LogP contribution is 2.24. The molecule has 48 heavy (non-hydrogen) atoms. The average molecular weight is 636 g/mol. The first-order valence-electron chi connectivity index (χ1n) is 15.8. The summed E-state index contributed by atoms with van der Waals surface area (Å²) in [6.07, 6.45) is 3.68. The lowest BCUT2D eigenvalue weighted by molar-refractivity contribution is 0.0997. The second kappa shape index (κ2) is 13.7. The van der Waals surface area contributed by atoms with Gasteiger partial charge in [0.15, 0.2) is 11.2 Å². The fourth-order valence-corrected chi connectivity index (χ4v) is 5.95. The minimum Gasteiger partial charge on any atom is -0.451 e. The second-order valence-corrected chi connectivity index (χ2v) is 11.7. The van der Waals surface area contributed by atoms with Gasteiger partial charge in [0.1, 0.15) is 5.58 Å². The highest BCUT2D eigenvalue weighted by atomic mass is 16.3. The van der Waals surface area contributed by atoms with Crippen LogP contribution in [0, 0.1) is 0 Å². The van der Waals surface area contributed by atoms with Gasteiger partial charge in [0.2, 0.25) is 0 Å². The molecule has 1 saturated heterocycles. The largest absolute Gasteiger partial charge is 0.451 e. The van der Waals surface area contributed by atoms with Crippen molar-refractivity contribution in [2.24, 2.45) is 0 Å². The number of amides is 2. The van der Waals surface area contributed by atoms with Gasteiger partial charge in [-0.05, 0) is 77.4 Å². The van der Waals surface area contributed by atoms with Gasteiger partial charge in [-0.25, -0.2) is 0 Å². The molecule has 3 heterocycles. The third kappa shape index (κ3) is 6.86. The Labute approximate surface area is 277 Å². The molecule has 0 saturated carbocycles. The minimum absolute atomic E-state index is 0.139. The molecule has 1 aliphatic heterocycles. The molecule has 238 valence electrons. The van der Waals surface area contributed by atoms with Crippen molar-refractivity contribution in [1.82, 2.24) is 9.88 Å². The molecule has 2 amide bonds. The maximum Gasteiger partial charge on any atom is 0.291 e. The molecule has 0 unspecified atom stereocenters. The van der Waals surface area contributed by atoms with E-state index in [1.165, 1.54) is 11.1 Å². The lowest BCUT2D eigenvalue weighted by atomic mass is 10.0. The number of piperazine rings is 1. The Hall–Kier alpha value is -6.06. The molecule has 0 aliphatic carbocycles. The number of nitrogens with one attached hydrogen (secondary N) is 2. The van der Waals surface area contributed by atoms with Crippen LogP contribution in [0.15, 0.2) is 137 Å². The first kappa shape index (κ1) is 30.6. The number of rotatable bonds is 8. The Morgan fingerprint density at radius 1 is 0.729 bits per heavy atom. The van der Waals surface area contributed by atoms with Crippen molar-refractivity contribution in [3.63, 3.8) is 0 Å². The molecule has 0 bridgehead atoms. The second-order valence-electron chi connectivity index (χ2n) is 11.7. The highest BCUT2D eigenvalue weighted by Gasteiger charge is 2.19. The van der Waals surface area contributed by atoms with Crippen LogP contribution in [0.25, 0.3) is 22.1 Å². The molecule has 2 aromatic heterocycles. The normalized spacial score (nSPS) is 13.3. The topological polar surface area (TPSA) is 108 Å². The molecular weight excluding hydrogens is 602 g/mol. The summed E-state index contributed by atoms with van der Waals surface area (Å²) in [7, 11) is 0. The number of para-hydroxylation sites is 2. The minimum atomic E-state index is -0.624. The summed E-state index contributed by atoms with van der Waals surface area (Å²) in [5.74, 6) is -1.14. The smallest absolute Gasteiger partial charge is 0.291 e. The standard InChI is InChI=1S/C39H33N5O4/c45-35-24-37(48-36-13-4-2-11-33(35)36)39(47)42-34-12-3-1-10-32(34)38(46)41-30-14-16-31(17-15-30)44-21-19-43(20-22-44)26-27-7-5-8-28(23-27)29-9-6-18-40-25-29/h1-18,23-25H,19-22,26H2,(H,41,46)(H,42,47). The van der Waals surface area contributed by atoms with E-state index in [2.05, 4.69) is 55.7 Å². The van der Waals surface area contributed by atoms with Gasteiger partial charge in [0, 0.05) is 62.6 Å². The summed E-state index contributed by atoms with van der Waals surface area (Å²) in [6, 6.07) is 35.1. The van der Waals surface area contributed by atoms with Crippen LogP contribution in [-0.2, 0) is 6.54 Å². The Balaban J connectivity index is 0.951. The Morgan fingerprint density at radius 3 is 2.31 bits per heavy atom. The molecule has 7 rings (SSSR count). The highest BCUT2D eigenvalue weighted by molar-refractivity contribution is 6.12. The van der Waals surface area contributed by atoms with Crippen LogP contribution >= 0.6 is 0 Å². The number of anilines is 3. The van der Waals surface area contributed by atoms with E-state index in [9.17, 15) is 14.4 Å². The van der Waals surface area contributed by atoms with Crippen LogP contribution in [0.1, 0.15) is 26.5 Å². The fourth-order valence-electron chi connectivity index (χ4n) is 5.95. The summed E-state index contributed by atoms with van der Waals surface area (Å²) < 4.78 is 5.66. The van der Waals surface area contributed by atoms with Crippen LogP contribution in [0.5, 0.6) is 0 Å². The van der Waals surface area contributed by atoms with Crippen molar-refractivity contribution in [1.29, 1.82) is 0 Å². The monoisotopic (exact) mass is 635 g/mol. The van der Waals surface area contributed by atoms with Crippen molar-refractivity contribution >= 4 is 39.8 Å². The van der Waals surface area contributed by atoms with E-state index < -0.39 is 5.91 Å². The van der Waals surface area contributed by atoms with E-state index in [1.54, 1.807) is 54.7 Å². The molecule has 1 aliphatic rings. The first-order valence-corrected chi connectivity index (χ1v) is 15.8. The number of aromatic nitrogens is 1. The Morgan fingerprint density at radius 2 is 1.50 bits per heavy atom. The van der Waals surface area contributed by atoms with Crippen LogP contribution in [0.3, 0.4) is 0 Å². The summed E-state index contributed by atoms with van der Waals surface area (Å²) in [5.41, 5.74) is 5.88. The van der Waals surface area contributed by atoms with E-state index in [1.807, 2.05) is 36.5 Å². The summed E-state index contributed by atoms with van der Waals surface area (Å²) in [4.78, 5) is 47.9. The number of benzene rings is 4. The van der Waals surface area contributed by atoms with Gasteiger partial charge < -0.3 is 20.0 Å². The molecular formula is C39H33N5O4. The number of carbonyl (C=O) groups excluding carboxylic acids is 2. The fraction of sp³-hybridized carbons (Fsp3) is 0.128. The van der Waals surface area contributed by atoms with E-state index in [4.69, 9.17) is 4.42 Å². The van der Waals surface area contributed by atoms with Crippen LogP contribution < -0.4 is 21.0 Å². The van der Waals surface area contributed by atoms with Gasteiger partial charge >= 0.3 is 0 Å². The van der Waals surface area contributed by atoms with Gasteiger partial charge in [-0.2, -0.15) is 0 Å². The predicted octanol–water partition coefficient (Wildman–Crippen LogP) is 6.68.